The number of nitrogens with one attached hydrogen (secondary N) is 2. The van der Waals surface area contributed by atoms with E-state index in [1.54, 1.807) is 14.2 Å². The molecule has 4 nitrogen and oxygen atoms in total. The number of hydrogen-bond donors (Lipinski definition) is 2. The van der Waals surface area contributed by atoms with Crippen molar-refractivity contribution in [3.63, 3.8) is 0 Å². The van der Waals surface area contributed by atoms with Crippen LogP contribution in [0.1, 0.15) is 18.9 Å². The number of rotatable bonds is 8. The van der Waals surface area contributed by atoms with E-state index in [4.69, 9.17) is 21.7 Å². The molecule has 134 valence electrons. The molecule has 2 aromatic rings. The van der Waals surface area contributed by atoms with Gasteiger partial charge in [0.1, 0.15) is 0 Å². The van der Waals surface area contributed by atoms with E-state index in [2.05, 4.69) is 41.8 Å². The van der Waals surface area contributed by atoms with Crippen LogP contribution >= 0.6 is 12.2 Å². The first-order chi connectivity index (χ1) is 12.2. The molecular weight excluding hydrogens is 332 g/mol. The summed E-state index contributed by atoms with van der Waals surface area (Å²) >= 11 is 5.41. The fourth-order valence-electron chi connectivity index (χ4n) is 2.63. The van der Waals surface area contributed by atoms with Crippen molar-refractivity contribution >= 4 is 23.0 Å². The molecule has 25 heavy (non-hydrogen) atoms. The third kappa shape index (κ3) is 5.94. The zero-order valence-electron chi connectivity index (χ0n) is 15.0. The predicted octanol–water partition coefficient (Wildman–Crippen LogP) is 4.26. The maximum Gasteiger partial charge on any atom is 0.170 e. The molecule has 0 bridgehead atoms. The van der Waals surface area contributed by atoms with Gasteiger partial charge in [-0.15, -0.1) is 0 Å². The highest BCUT2D eigenvalue weighted by Crippen LogP contribution is 2.29. The van der Waals surface area contributed by atoms with E-state index in [0.717, 1.165) is 25.1 Å². The van der Waals surface area contributed by atoms with Gasteiger partial charge in [-0.05, 0) is 42.3 Å². The van der Waals surface area contributed by atoms with Gasteiger partial charge in [0.25, 0.3) is 0 Å². The zero-order chi connectivity index (χ0) is 18.1. The molecule has 1 atom stereocenters. The Bertz CT molecular complexity index is 677. The Morgan fingerprint density at radius 3 is 2.40 bits per heavy atom. The minimum absolute atomic E-state index is 0.535. The SMILES string of the molecule is CCC(CNC(=S)Nc1ccc(OC)c(OC)c1)Cc1ccccc1. The summed E-state index contributed by atoms with van der Waals surface area (Å²) in [4.78, 5) is 0. The van der Waals surface area contributed by atoms with Crippen LogP contribution in [0.5, 0.6) is 11.5 Å². The summed E-state index contributed by atoms with van der Waals surface area (Å²) in [6.45, 7) is 3.05. The lowest BCUT2D eigenvalue weighted by molar-refractivity contribution is 0.355. The molecule has 0 aliphatic rings. The van der Waals surface area contributed by atoms with Crippen molar-refractivity contribution in [1.29, 1.82) is 0 Å². The smallest absolute Gasteiger partial charge is 0.170 e. The van der Waals surface area contributed by atoms with E-state index < -0.39 is 0 Å². The fraction of sp³-hybridized carbons (Fsp3) is 0.350. The molecule has 0 amide bonds. The second-order valence-electron chi connectivity index (χ2n) is 5.87. The molecule has 0 aliphatic carbocycles. The van der Waals surface area contributed by atoms with E-state index in [1.165, 1.54) is 5.56 Å². The maximum atomic E-state index is 5.41. The van der Waals surface area contributed by atoms with Gasteiger partial charge in [-0.1, -0.05) is 43.7 Å². The molecule has 2 N–H and O–H groups in total. The Morgan fingerprint density at radius 1 is 1.04 bits per heavy atom. The van der Waals surface area contributed by atoms with Crippen molar-refractivity contribution < 1.29 is 9.47 Å². The number of anilines is 1. The summed E-state index contributed by atoms with van der Waals surface area (Å²) in [5, 5.41) is 7.12. The van der Waals surface area contributed by atoms with Gasteiger partial charge in [-0.2, -0.15) is 0 Å². The molecule has 2 aromatic carbocycles. The van der Waals surface area contributed by atoms with Crippen molar-refractivity contribution in [1.82, 2.24) is 5.32 Å². The molecule has 0 radical (unpaired) electrons. The van der Waals surface area contributed by atoms with E-state index in [0.29, 0.717) is 22.5 Å². The van der Waals surface area contributed by atoms with Gasteiger partial charge >= 0.3 is 0 Å². The van der Waals surface area contributed by atoms with E-state index in [1.807, 2.05) is 24.3 Å². The van der Waals surface area contributed by atoms with Crippen molar-refractivity contribution in [3.05, 3.63) is 54.1 Å². The average molecular weight is 359 g/mol. The molecule has 0 aliphatic heterocycles. The van der Waals surface area contributed by atoms with Crippen LogP contribution in [0.4, 0.5) is 5.69 Å². The summed E-state index contributed by atoms with van der Waals surface area (Å²) in [5.74, 6) is 1.90. The Labute approximate surface area is 155 Å². The molecule has 2 rings (SSSR count). The van der Waals surface area contributed by atoms with Crippen molar-refractivity contribution in [2.75, 3.05) is 26.1 Å². The first-order valence-corrected chi connectivity index (χ1v) is 8.87. The van der Waals surface area contributed by atoms with E-state index in [9.17, 15) is 0 Å². The lowest BCUT2D eigenvalue weighted by atomic mass is 9.97. The topological polar surface area (TPSA) is 42.5 Å². The van der Waals surface area contributed by atoms with Crippen LogP contribution < -0.4 is 20.1 Å². The lowest BCUT2D eigenvalue weighted by Crippen LogP contribution is -2.33. The molecular formula is C20H26N2O2S. The highest BCUT2D eigenvalue weighted by Gasteiger charge is 2.09. The van der Waals surface area contributed by atoms with E-state index in [-0.39, 0.29) is 0 Å². The van der Waals surface area contributed by atoms with Crippen LogP contribution in [0.2, 0.25) is 0 Å². The van der Waals surface area contributed by atoms with Crippen LogP contribution in [0.3, 0.4) is 0 Å². The standard InChI is InChI=1S/C20H26N2O2S/c1-4-15(12-16-8-6-5-7-9-16)14-21-20(25)22-17-10-11-18(23-2)19(13-17)24-3/h5-11,13,15H,4,12,14H2,1-3H3,(H2,21,22,25). The summed E-state index contributed by atoms with van der Waals surface area (Å²) < 4.78 is 10.6. The third-order valence-corrected chi connectivity index (χ3v) is 4.38. The van der Waals surface area contributed by atoms with Crippen LogP contribution in [0, 0.1) is 5.92 Å². The van der Waals surface area contributed by atoms with Gasteiger partial charge < -0.3 is 20.1 Å². The maximum absolute atomic E-state index is 5.41. The molecule has 0 saturated carbocycles. The molecule has 0 aromatic heterocycles. The number of hydrogen-bond acceptors (Lipinski definition) is 3. The van der Waals surface area contributed by atoms with Crippen LogP contribution in [-0.2, 0) is 6.42 Å². The Kier molecular flexibility index (Phi) is 7.54. The number of thiocarbonyl (C=S) groups is 1. The van der Waals surface area contributed by atoms with Crippen LogP contribution in [0.25, 0.3) is 0 Å². The Hall–Kier alpha value is -2.27. The third-order valence-electron chi connectivity index (χ3n) is 4.14. The first kappa shape index (κ1) is 19.1. The minimum Gasteiger partial charge on any atom is -0.493 e. The Morgan fingerprint density at radius 2 is 1.76 bits per heavy atom. The highest BCUT2D eigenvalue weighted by molar-refractivity contribution is 7.80. The average Bonchev–Trinajstić information content (AvgIpc) is 2.65. The summed E-state index contributed by atoms with van der Waals surface area (Å²) in [5.41, 5.74) is 2.22. The van der Waals surface area contributed by atoms with Crippen molar-refractivity contribution in [2.24, 2.45) is 5.92 Å². The predicted molar refractivity (Wildman–Crippen MR) is 108 cm³/mol. The largest absolute Gasteiger partial charge is 0.493 e. The van der Waals surface area contributed by atoms with Crippen LogP contribution in [-0.4, -0.2) is 25.9 Å². The normalized spacial score (nSPS) is 11.5. The molecule has 0 heterocycles. The number of benzene rings is 2. The number of methoxy groups -OCH3 is 2. The van der Waals surface area contributed by atoms with Crippen LogP contribution in [0.15, 0.2) is 48.5 Å². The Balaban J connectivity index is 1.87. The summed E-state index contributed by atoms with van der Waals surface area (Å²) in [6.07, 6.45) is 2.14. The molecule has 0 spiro atoms. The van der Waals surface area contributed by atoms with Gasteiger partial charge in [-0.25, -0.2) is 0 Å². The molecule has 0 fully saturated rings. The minimum atomic E-state index is 0.535. The highest BCUT2D eigenvalue weighted by atomic mass is 32.1. The van der Waals surface area contributed by atoms with Gasteiger partial charge in [0, 0.05) is 18.3 Å². The second kappa shape index (κ2) is 9.89. The number of ether oxygens (including phenoxy) is 2. The monoisotopic (exact) mass is 358 g/mol. The quantitative estimate of drug-likeness (QED) is 0.690. The summed E-state index contributed by atoms with van der Waals surface area (Å²) in [7, 11) is 3.24. The van der Waals surface area contributed by atoms with Crippen molar-refractivity contribution in [2.45, 2.75) is 19.8 Å². The molecule has 1 unspecified atom stereocenters. The van der Waals surface area contributed by atoms with Gasteiger partial charge in [-0.3, -0.25) is 0 Å². The fourth-order valence-corrected chi connectivity index (χ4v) is 2.84. The second-order valence-corrected chi connectivity index (χ2v) is 6.28. The van der Waals surface area contributed by atoms with E-state index >= 15 is 0 Å². The van der Waals surface area contributed by atoms with Gasteiger partial charge in [0.05, 0.1) is 14.2 Å². The van der Waals surface area contributed by atoms with Gasteiger partial charge in [0.2, 0.25) is 0 Å². The molecule has 0 saturated heterocycles. The lowest BCUT2D eigenvalue weighted by Gasteiger charge is -2.18. The first-order valence-electron chi connectivity index (χ1n) is 8.47. The molecule has 5 heteroatoms. The van der Waals surface area contributed by atoms with Crippen molar-refractivity contribution in [3.8, 4) is 11.5 Å². The summed E-state index contributed by atoms with van der Waals surface area (Å²) in [6, 6.07) is 16.2. The van der Waals surface area contributed by atoms with Gasteiger partial charge in [0.15, 0.2) is 16.6 Å². The zero-order valence-corrected chi connectivity index (χ0v) is 15.9.